The molecule has 2 heterocycles. The van der Waals surface area contributed by atoms with Crippen LogP contribution in [0.5, 0.6) is 11.5 Å². The highest BCUT2D eigenvalue weighted by Crippen LogP contribution is 2.32. The van der Waals surface area contributed by atoms with Crippen LogP contribution >= 0.6 is 22.9 Å². The molecule has 0 saturated carbocycles. The minimum absolute atomic E-state index is 0.0488. The number of aliphatic imine (C=N–C) groups is 1. The number of nitrogens with zero attached hydrogens (tertiary/aromatic N) is 1. The highest BCUT2D eigenvalue weighted by atomic mass is 35.5. The zero-order valence-electron chi connectivity index (χ0n) is 16.4. The van der Waals surface area contributed by atoms with Gasteiger partial charge in [0, 0.05) is 5.56 Å². The van der Waals surface area contributed by atoms with Crippen molar-refractivity contribution in [2.45, 2.75) is 13.5 Å². The highest BCUT2D eigenvalue weighted by molar-refractivity contribution is 7.12. The van der Waals surface area contributed by atoms with Crippen LogP contribution in [0.2, 0.25) is 5.02 Å². The Labute approximate surface area is 187 Å². The number of hydrogen-bond donors (Lipinski definition) is 0. The summed E-state index contributed by atoms with van der Waals surface area (Å²) < 4.78 is 30.7. The van der Waals surface area contributed by atoms with Crippen LogP contribution in [0.3, 0.4) is 0 Å². The maximum Gasteiger partial charge on any atom is 0.363 e. The Morgan fingerprint density at radius 2 is 2.03 bits per heavy atom. The summed E-state index contributed by atoms with van der Waals surface area (Å²) in [7, 11) is 0. The first-order chi connectivity index (χ1) is 15.0. The van der Waals surface area contributed by atoms with Crippen molar-refractivity contribution in [1.29, 1.82) is 0 Å². The van der Waals surface area contributed by atoms with Gasteiger partial charge in [-0.05, 0) is 54.3 Å². The fourth-order valence-electron chi connectivity index (χ4n) is 2.89. The summed E-state index contributed by atoms with van der Waals surface area (Å²) in [6.07, 6.45) is 1.61. The maximum atomic E-state index is 14.0. The first-order valence-corrected chi connectivity index (χ1v) is 10.7. The van der Waals surface area contributed by atoms with E-state index in [0.717, 1.165) is 4.88 Å². The third-order valence-corrected chi connectivity index (χ3v) is 5.57. The summed E-state index contributed by atoms with van der Waals surface area (Å²) in [6.45, 7) is 2.20. The summed E-state index contributed by atoms with van der Waals surface area (Å²) in [5.41, 5.74) is 1.14. The predicted octanol–water partition coefficient (Wildman–Crippen LogP) is 5.86. The van der Waals surface area contributed by atoms with Crippen molar-refractivity contribution >= 4 is 40.9 Å². The molecule has 0 aliphatic carbocycles. The van der Waals surface area contributed by atoms with Gasteiger partial charge in [0.25, 0.3) is 0 Å². The minimum Gasteiger partial charge on any atom is -0.490 e. The Kier molecular flexibility index (Phi) is 6.34. The summed E-state index contributed by atoms with van der Waals surface area (Å²) >= 11 is 7.50. The molecule has 0 N–H and O–H groups in total. The first-order valence-electron chi connectivity index (χ1n) is 9.44. The molecule has 1 aliphatic rings. The average Bonchev–Trinajstić information content (AvgIpc) is 3.40. The van der Waals surface area contributed by atoms with Crippen molar-refractivity contribution in [3.8, 4) is 11.5 Å². The van der Waals surface area contributed by atoms with Gasteiger partial charge in [-0.1, -0.05) is 29.8 Å². The molecule has 4 rings (SSSR count). The van der Waals surface area contributed by atoms with E-state index in [1.165, 1.54) is 23.5 Å². The van der Waals surface area contributed by atoms with Crippen molar-refractivity contribution in [3.05, 3.63) is 86.5 Å². The number of thiophene rings is 1. The summed E-state index contributed by atoms with van der Waals surface area (Å²) in [6, 6.07) is 13.3. The summed E-state index contributed by atoms with van der Waals surface area (Å²) in [5, 5.41) is 2.17. The van der Waals surface area contributed by atoms with Gasteiger partial charge >= 0.3 is 5.97 Å². The summed E-state index contributed by atoms with van der Waals surface area (Å²) in [5.74, 6) is 0.220. The number of carbonyl (C=O) groups is 1. The van der Waals surface area contributed by atoms with Gasteiger partial charge in [-0.3, -0.25) is 0 Å². The van der Waals surface area contributed by atoms with Crippen molar-refractivity contribution < 1.29 is 23.4 Å². The molecular formula is C23H17ClFNO4S. The fraction of sp³-hybridized carbons (Fsp3) is 0.130. The number of rotatable bonds is 7. The van der Waals surface area contributed by atoms with E-state index < -0.39 is 11.8 Å². The van der Waals surface area contributed by atoms with Crippen LogP contribution in [0.25, 0.3) is 6.08 Å². The molecule has 0 radical (unpaired) electrons. The van der Waals surface area contributed by atoms with Crippen LogP contribution in [0.15, 0.2) is 64.6 Å². The zero-order chi connectivity index (χ0) is 21.8. The maximum absolute atomic E-state index is 14.0. The lowest BCUT2D eigenvalue weighted by Gasteiger charge is -2.13. The van der Waals surface area contributed by atoms with Crippen LogP contribution in [0.4, 0.5) is 4.39 Å². The molecule has 0 atom stereocenters. The van der Waals surface area contributed by atoms with Crippen LogP contribution in [0, 0.1) is 5.82 Å². The van der Waals surface area contributed by atoms with Crippen molar-refractivity contribution in [2.24, 2.45) is 4.99 Å². The van der Waals surface area contributed by atoms with Crippen LogP contribution in [-0.4, -0.2) is 18.5 Å². The topological polar surface area (TPSA) is 57.1 Å². The Bertz CT molecular complexity index is 1150. The number of ether oxygens (including phenoxy) is 3. The van der Waals surface area contributed by atoms with Crippen molar-refractivity contribution in [1.82, 2.24) is 0 Å². The van der Waals surface area contributed by atoms with Gasteiger partial charge in [0.2, 0.25) is 5.90 Å². The van der Waals surface area contributed by atoms with E-state index in [9.17, 15) is 9.18 Å². The Morgan fingerprint density at radius 3 is 2.77 bits per heavy atom. The molecule has 8 heteroatoms. The molecule has 1 aliphatic heterocycles. The highest BCUT2D eigenvalue weighted by Gasteiger charge is 2.24. The third kappa shape index (κ3) is 4.78. The van der Waals surface area contributed by atoms with Gasteiger partial charge < -0.3 is 14.2 Å². The van der Waals surface area contributed by atoms with E-state index in [-0.39, 0.29) is 23.8 Å². The van der Waals surface area contributed by atoms with Crippen LogP contribution in [-0.2, 0) is 16.1 Å². The molecular weight excluding hydrogens is 441 g/mol. The van der Waals surface area contributed by atoms with Crippen molar-refractivity contribution in [3.63, 3.8) is 0 Å². The second-order valence-electron chi connectivity index (χ2n) is 6.44. The van der Waals surface area contributed by atoms with E-state index in [0.29, 0.717) is 28.7 Å². The second kappa shape index (κ2) is 9.32. The first kappa shape index (κ1) is 21.1. The number of carbonyl (C=O) groups excluding carboxylic acids is 1. The van der Waals surface area contributed by atoms with Gasteiger partial charge in [-0.2, -0.15) is 0 Å². The van der Waals surface area contributed by atoms with Gasteiger partial charge in [-0.25, -0.2) is 14.2 Å². The lowest BCUT2D eigenvalue weighted by atomic mass is 10.1. The van der Waals surface area contributed by atoms with Gasteiger partial charge in [0.05, 0.1) is 16.5 Å². The lowest BCUT2D eigenvalue weighted by Crippen LogP contribution is -2.03. The second-order valence-corrected chi connectivity index (χ2v) is 7.80. The number of esters is 1. The molecule has 3 aromatic rings. The minimum atomic E-state index is -0.518. The molecule has 2 aromatic carbocycles. The molecule has 0 spiro atoms. The van der Waals surface area contributed by atoms with Crippen LogP contribution in [0.1, 0.15) is 22.9 Å². The molecule has 0 fully saturated rings. The molecule has 31 heavy (non-hydrogen) atoms. The molecule has 0 saturated heterocycles. The largest absolute Gasteiger partial charge is 0.490 e. The molecule has 0 amide bonds. The number of benzene rings is 2. The SMILES string of the molecule is CCOc1cc(/C=C2/N=C(c3cccs3)OC2=O)ccc1OCc1c(F)cccc1Cl. The van der Waals surface area contributed by atoms with Gasteiger partial charge in [-0.15, -0.1) is 11.3 Å². The Balaban J connectivity index is 1.57. The summed E-state index contributed by atoms with van der Waals surface area (Å²) in [4.78, 5) is 17.2. The number of halogens is 2. The molecule has 1 aromatic heterocycles. The normalized spacial score (nSPS) is 14.5. The van der Waals surface area contributed by atoms with E-state index in [4.69, 9.17) is 25.8 Å². The zero-order valence-corrected chi connectivity index (χ0v) is 18.0. The average molecular weight is 458 g/mol. The Hall–Kier alpha value is -3.16. The van der Waals surface area contributed by atoms with Crippen molar-refractivity contribution in [2.75, 3.05) is 6.61 Å². The molecule has 5 nitrogen and oxygen atoms in total. The third-order valence-electron chi connectivity index (χ3n) is 4.36. The van der Waals surface area contributed by atoms with E-state index in [1.807, 2.05) is 24.4 Å². The number of hydrogen-bond acceptors (Lipinski definition) is 6. The monoisotopic (exact) mass is 457 g/mol. The Morgan fingerprint density at radius 1 is 1.16 bits per heavy atom. The van der Waals surface area contributed by atoms with Gasteiger partial charge in [0.1, 0.15) is 12.4 Å². The lowest BCUT2D eigenvalue weighted by molar-refractivity contribution is -0.129. The molecule has 158 valence electrons. The quantitative estimate of drug-likeness (QED) is 0.329. The standard InChI is InChI=1S/C23H17ClFNO4S/c1-2-28-20-12-14(11-18-23(27)30-22(26-18)21-7-4-10-31-21)8-9-19(20)29-13-15-16(24)5-3-6-17(15)25/h3-12H,2,13H2,1H3/b18-11+. The van der Waals surface area contributed by atoms with E-state index in [1.54, 1.807) is 30.3 Å². The number of cyclic esters (lactones) is 1. The predicted molar refractivity (Wildman–Crippen MR) is 118 cm³/mol. The van der Waals surface area contributed by atoms with E-state index >= 15 is 0 Å². The van der Waals surface area contributed by atoms with E-state index in [2.05, 4.69) is 4.99 Å². The molecule has 0 bridgehead atoms. The van der Waals surface area contributed by atoms with Gasteiger partial charge in [0.15, 0.2) is 17.2 Å². The van der Waals surface area contributed by atoms with Crippen LogP contribution < -0.4 is 9.47 Å². The smallest absolute Gasteiger partial charge is 0.363 e. The molecule has 0 unspecified atom stereocenters. The fourth-order valence-corrected chi connectivity index (χ4v) is 3.76.